The Labute approximate surface area is 126 Å². The minimum absolute atomic E-state index is 0.0147. The number of fused-ring (bicyclic) bond motifs is 1. The molecule has 4 nitrogen and oxygen atoms in total. The van der Waals surface area contributed by atoms with Gasteiger partial charge in [-0.25, -0.2) is 0 Å². The third-order valence-corrected chi connectivity index (χ3v) is 4.58. The van der Waals surface area contributed by atoms with Gasteiger partial charge >= 0.3 is 0 Å². The molecule has 0 saturated heterocycles. The Morgan fingerprint density at radius 2 is 2.05 bits per heavy atom. The van der Waals surface area contributed by atoms with E-state index in [1.807, 2.05) is 18.2 Å². The molecule has 1 amide bonds. The summed E-state index contributed by atoms with van der Waals surface area (Å²) in [5.41, 5.74) is 8.49. The van der Waals surface area contributed by atoms with E-state index in [0.29, 0.717) is 6.04 Å². The van der Waals surface area contributed by atoms with E-state index in [1.54, 1.807) is 0 Å². The number of ether oxygens (including phenoxy) is 1. The van der Waals surface area contributed by atoms with Crippen LogP contribution in [0.1, 0.15) is 55.7 Å². The maximum atomic E-state index is 11.9. The van der Waals surface area contributed by atoms with Crippen LogP contribution in [0.2, 0.25) is 0 Å². The Morgan fingerprint density at radius 1 is 1.24 bits per heavy atom. The molecule has 3 N–H and O–H groups in total. The van der Waals surface area contributed by atoms with E-state index < -0.39 is 0 Å². The zero-order valence-corrected chi connectivity index (χ0v) is 12.4. The zero-order valence-electron chi connectivity index (χ0n) is 12.4. The fourth-order valence-electron chi connectivity index (χ4n) is 3.38. The molecular formula is C17H24N2O2. The van der Waals surface area contributed by atoms with E-state index in [1.165, 1.54) is 30.4 Å². The quantitative estimate of drug-likeness (QED) is 0.894. The molecule has 1 saturated carbocycles. The second-order valence-electron chi connectivity index (χ2n) is 6.20. The van der Waals surface area contributed by atoms with Crippen LogP contribution in [-0.4, -0.2) is 18.6 Å². The highest BCUT2D eigenvalue weighted by molar-refractivity contribution is 5.77. The lowest BCUT2D eigenvalue weighted by molar-refractivity contribution is -0.124. The van der Waals surface area contributed by atoms with Crippen LogP contribution in [0.3, 0.4) is 0 Å². The van der Waals surface area contributed by atoms with Gasteiger partial charge in [-0.1, -0.05) is 25.3 Å². The number of carbonyl (C=O) groups excluding carboxylic acids is 1. The summed E-state index contributed by atoms with van der Waals surface area (Å²) in [7, 11) is 0. The van der Waals surface area contributed by atoms with E-state index in [-0.39, 0.29) is 18.6 Å². The summed E-state index contributed by atoms with van der Waals surface area (Å²) in [6, 6.07) is 6.46. The first-order chi connectivity index (χ1) is 10.2. The van der Waals surface area contributed by atoms with Gasteiger partial charge in [0.2, 0.25) is 0 Å². The van der Waals surface area contributed by atoms with Gasteiger partial charge in [-0.05, 0) is 48.9 Å². The molecule has 2 aliphatic rings. The highest BCUT2D eigenvalue weighted by Crippen LogP contribution is 2.31. The molecule has 21 heavy (non-hydrogen) atoms. The molecule has 2 aliphatic carbocycles. The van der Waals surface area contributed by atoms with Crippen LogP contribution in [-0.2, 0) is 11.2 Å². The van der Waals surface area contributed by atoms with Crippen molar-refractivity contribution in [3.8, 4) is 5.75 Å². The standard InChI is InChI=1S/C17H24N2O2/c18-16-9-6-12-10-14(7-8-15(12)16)21-11-17(20)19-13-4-2-1-3-5-13/h7-8,10,13,16H,1-6,9,11,18H2,(H,19,20)/t16-/m0/s1. The highest BCUT2D eigenvalue weighted by Gasteiger charge is 2.19. The first-order valence-electron chi connectivity index (χ1n) is 8.03. The molecule has 0 unspecified atom stereocenters. The molecule has 1 aromatic carbocycles. The van der Waals surface area contributed by atoms with E-state index in [2.05, 4.69) is 5.32 Å². The number of carbonyl (C=O) groups is 1. The lowest BCUT2D eigenvalue weighted by Crippen LogP contribution is -2.38. The predicted octanol–water partition coefficient (Wildman–Crippen LogP) is 2.46. The van der Waals surface area contributed by atoms with Gasteiger partial charge < -0.3 is 15.8 Å². The summed E-state index contributed by atoms with van der Waals surface area (Å²) in [6.45, 7) is 0.0986. The molecule has 0 aliphatic heterocycles. The molecule has 0 radical (unpaired) electrons. The molecule has 3 rings (SSSR count). The number of benzene rings is 1. The van der Waals surface area contributed by atoms with Crippen molar-refractivity contribution in [1.82, 2.24) is 5.32 Å². The number of amides is 1. The van der Waals surface area contributed by atoms with Crippen molar-refractivity contribution in [3.63, 3.8) is 0 Å². The minimum Gasteiger partial charge on any atom is -0.484 e. The Balaban J connectivity index is 1.49. The molecule has 1 fully saturated rings. The van der Waals surface area contributed by atoms with Crippen molar-refractivity contribution < 1.29 is 9.53 Å². The van der Waals surface area contributed by atoms with Gasteiger partial charge in [0, 0.05) is 12.1 Å². The number of aryl methyl sites for hydroxylation is 1. The van der Waals surface area contributed by atoms with Gasteiger partial charge in [0.1, 0.15) is 5.75 Å². The summed E-state index contributed by atoms with van der Waals surface area (Å²) in [5.74, 6) is 0.751. The van der Waals surface area contributed by atoms with E-state index >= 15 is 0 Å². The summed E-state index contributed by atoms with van der Waals surface area (Å²) in [5, 5.41) is 3.06. The second-order valence-corrected chi connectivity index (χ2v) is 6.20. The normalized spacial score (nSPS) is 21.9. The lowest BCUT2D eigenvalue weighted by Gasteiger charge is -2.22. The molecule has 0 spiro atoms. The maximum absolute atomic E-state index is 11.9. The van der Waals surface area contributed by atoms with Crippen LogP contribution in [0.5, 0.6) is 5.75 Å². The third kappa shape index (κ3) is 3.56. The molecule has 4 heteroatoms. The van der Waals surface area contributed by atoms with Crippen molar-refractivity contribution >= 4 is 5.91 Å². The molecule has 114 valence electrons. The van der Waals surface area contributed by atoms with Crippen molar-refractivity contribution in [1.29, 1.82) is 0 Å². The Hall–Kier alpha value is -1.55. The zero-order chi connectivity index (χ0) is 14.7. The SMILES string of the molecule is N[C@H]1CCc2cc(OCC(=O)NC3CCCCC3)ccc21. The van der Waals surface area contributed by atoms with Crippen LogP contribution >= 0.6 is 0 Å². The molecule has 0 bridgehead atoms. The Bertz CT molecular complexity index is 510. The number of rotatable bonds is 4. The predicted molar refractivity (Wildman–Crippen MR) is 82.2 cm³/mol. The van der Waals surface area contributed by atoms with Crippen molar-refractivity contribution in [2.75, 3.05) is 6.61 Å². The highest BCUT2D eigenvalue weighted by atomic mass is 16.5. The fourth-order valence-corrected chi connectivity index (χ4v) is 3.38. The van der Waals surface area contributed by atoms with Gasteiger partial charge in [0.15, 0.2) is 6.61 Å². The van der Waals surface area contributed by atoms with Crippen LogP contribution in [0.15, 0.2) is 18.2 Å². The van der Waals surface area contributed by atoms with Crippen LogP contribution in [0.25, 0.3) is 0 Å². The number of nitrogens with two attached hydrogens (primary N) is 1. The minimum atomic E-state index is -0.0147. The number of hydrogen-bond acceptors (Lipinski definition) is 3. The maximum Gasteiger partial charge on any atom is 0.258 e. The van der Waals surface area contributed by atoms with Crippen molar-refractivity contribution in [2.45, 2.75) is 57.0 Å². The second kappa shape index (κ2) is 6.48. The average Bonchev–Trinajstić information content (AvgIpc) is 2.87. The van der Waals surface area contributed by atoms with E-state index in [4.69, 9.17) is 10.5 Å². The van der Waals surface area contributed by atoms with Gasteiger partial charge in [0.25, 0.3) is 5.91 Å². The smallest absolute Gasteiger partial charge is 0.258 e. The van der Waals surface area contributed by atoms with Crippen LogP contribution in [0.4, 0.5) is 0 Å². The van der Waals surface area contributed by atoms with Gasteiger partial charge in [-0.15, -0.1) is 0 Å². The molecular weight excluding hydrogens is 264 g/mol. The van der Waals surface area contributed by atoms with E-state index in [0.717, 1.165) is 31.4 Å². The Morgan fingerprint density at radius 3 is 2.86 bits per heavy atom. The summed E-state index contributed by atoms with van der Waals surface area (Å²) >= 11 is 0. The summed E-state index contributed by atoms with van der Waals surface area (Å²) < 4.78 is 5.62. The van der Waals surface area contributed by atoms with Crippen molar-refractivity contribution in [3.05, 3.63) is 29.3 Å². The number of hydrogen-bond donors (Lipinski definition) is 2. The van der Waals surface area contributed by atoms with Gasteiger partial charge in [-0.2, -0.15) is 0 Å². The Kier molecular flexibility index (Phi) is 4.44. The first-order valence-corrected chi connectivity index (χ1v) is 8.03. The third-order valence-electron chi connectivity index (χ3n) is 4.58. The average molecular weight is 288 g/mol. The first kappa shape index (κ1) is 14.4. The summed E-state index contributed by atoms with van der Waals surface area (Å²) in [4.78, 5) is 11.9. The largest absolute Gasteiger partial charge is 0.484 e. The monoisotopic (exact) mass is 288 g/mol. The van der Waals surface area contributed by atoms with Gasteiger partial charge in [-0.3, -0.25) is 4.79 Å². The summed E-state index contributed by atoms with van der Waals surface area (Å²) in [6.07, 6.45) is 7.93. The van der Waals surface area contributed by atoms with E-state index in [9.17, 15) is 4.79 Å². The van der Waals surface area contributed by atoms with Crippen molar-refractivity contribution in [2.24, 2.45) is 5.73 Å². The molecule has 0 aromatic heterocycles. The molecule has 1 aromatic rings. The molecule has 0 heterocycles. The number of nitrogens with one attached hydrogen (secondary N) is 1. The van der Waals surface area contributed by atoms with Gasteiger partial charge in [0.05, 0.1) is 0 Å². The topological polar surface area (TPSA) is 64.3 Å². The fraction of sp³-hybridized carbons (Fsp3) is 0.588. The molecule has 1 atom stereocenters. The van der Waals surface area contributed by atoms with Crippen LogP contribution in [0, 0.1) is 0 Å². The lowest BCUT2D eigenvalue weighted by atomic mass is 9.95. The van der Waals surface area contributed by atoms with Crippen LogP contribution < -0.4 is 15.8 Å².